The molecular formula is C9H16N4O2. The first kappa shape index (κ1) is 11.6. The van der Waals surface area contributed by atoms with Crippen molar-refractivity contribution in [2.45, 2.75) is 13.3 Å². The number of H-pyrrole nitrogens is 1. The van der Waals surface area contributed by atoms with Crippen LogP contribution in [0.4, 0.5) is 0 Å². The van der Waals surface area contributed by atoms with E-state index in [1.165, 1.54) is 0 Å². The van der Waals surface area contributed by atoms with Crippen LogP contribution >= 0.6 is 0 Å². The third-order valence-corrected chi connectivity index (χ3v) is 1.98. The number of carbonyl (C=O) groups excluding carboxylic acids is 1. The molecular weight excluding hydrogens is 196 g/mol. The molecule has 0 radical (unpaired) electrons. The number of nitrogens with one attached hydrogen (secondary N) is 1. The molecule has 0 unspecified atom stereocenters. The van der Waals surface area contributed by atoms with E-state index in [1.807, 2.05) is 0 Å². The predicted octanol–water partition coefficient (Wildman–Crippen LogP) is 0.222. The molecule has 0 fully saturated rings. The normalized spacial score (nSPS) is 10.3. The molecule has 1 aromatic heterocycles. The first-order chi connectivity index (χ1) is 7.15. The fourth-order valence-corrected chi connectivity index (χ4v) is 1.16. The number of aromatic amines is 1. The molecule has 6 nitrogen and oxygen atoms in total. The molecule has 1 N–H and O–H groups in total. The maximum Gasteiger partial charge on any atom is 0.293 e. The van der Waals surface area contributed by atoms with Gasteiger partial charge in [0.05, 0.1) is 0 Å². The van der Waals surface area contributed by atoms with Gasteiger partial charge in [-0.05, 0) is 13.3 Å². The molecule has 1 rings (SSSR count). The van der Waals surface area contributed by atoms with Gasteiger partial charge in [-0.3, -0.25) is 9.89 Å². The highest BCUT2D eigenvalue weighted by atomic mass is 16.5. The number of hydrogen-bond acceptors (Lipinski definition) is 4. The summed E-state index contributed by atoms with van der Waals surface area (Å²) in [6.07, 6.45) is 0.808. The van der Waals surface area contributed by atoms with Crippen LogP contribution in [0, 0.1) is 6.92 Å². The summed E-state index contributed by atoms with van der Waals surface area (Å²) in [7, 11) is 3.37. The lowest BCUT2D eigenvalue weighted by Crippen LogP contribution is -2.29. The lowest BCUT2D eigenvalue weighted by Gasteiger charge is -2.14. The molecule has 1 amide bonds. The standard InChI is InChI=1S/C9H16N4O2/c1-7-10-8(12-11-7)9(14)13(2)5-4-6-15-3/h4-6H2,1-3H3,(H,10,11,12). The molecule has 1 aromatic rings. The van der Waals surface area contributed by atoms with E-state index in [-0.39, 0.29) is 11.7 Å². The molecule has 15 heavy (non-hydrogen) atoms. The third kappa shape index (κ3) is 3.32. The highest BCUT2D eigenvalue weighted by Crippen LogP contribution is 1.98. The van der Waals surface area contributed by atoms with Gasteiger partial charge >= 0.3 is 0 Å². The SMILES string of the molecule is COCCCN(C)C(=O)c1n[nH]c(C)n1. The average molecular weight is 212 g/mol. The predicted molar refractivity (Wildman–Crippen MR) is 54.6 cm³/mol. The van der Waals surface area contributed by atoms with Gasteiger partial charge in [0.25, 0.3) is 5.91 Å². The number of nitrogens with zero attached hydrogens (tertiary/aromatic N) is 3. The summed E-state index contributed by atoms with van der Waals surface area (Å²) in [5.41, 5.74) is 0. The number of aryl methyl sites for hydroxylation is 1. The zero-order valence-corrected chi connectivity index (χ0v) is 9.28. The fourth-order valence-electron chi connectivity index (χ4n) is 1.16. The topological polar surface area (TPSA) is 71.1 Å². The number of aromatic nitrogens is 3. The second-order valence-corrected chi connectivity index (χ2v) is 3.32. The van der Waals surface area contributed by atoms with Gasteiger partial charge in [0, 0.05) is 27.3 Å². The molecule has 0 spiro atoms. The van der Waals surface area contributed by atoms with Crippen molar-refractivity contribution in [1.29, 1.82) is 0 Å². The fraction of sp³-hybridized carbons (Fsp3) is 0.667. The molecule has 0 aromatic carbocycles. The van der Waals surface area contributed by atoms with Crippen molar-refractivity contribution in [3.05, 3.63) is 11.6 Å². The Morgan fingerprint density at radius 1 is 1.60 bits per heavy atom. The zero-order valence-electron chi connectivity index (χ0n) is 9.28. The van der Waals surface area contributed by atoms with Crippen LogP contribution in [-0.4, -0.2) is 53.3 Å². The van der Waals surface area contributed by atoms with Crippen LogP contribution < -0.4 is 0 Å². The minimum atomic E-state index is -0.171. The van der Waals surface area contributed by atoms with Crippen LogP contribution in [-0.2, 0) is 4.74 Å². The minimum Gasteiger partial charge on any atom is -0.385 e. The third-order valence-electron chi connectivity index (χ3n) is 1.98. The molecule has 0 saturated carbocycles. The van der Waals surface area contributed by atoms with E-state index in [2.05, 4.69) is 15.2 Å². The number of carbonyl (C=O) groups is 1. The van der Waals surface area contributed by atoms with E-state index in [0.29, 0.717) is 19.0 Å². The van der Waals surface area contributed by atoms with E-state index >= 15 is 0 Å². The van der Waals surface area contributed by atoms with Gasteiger partial charge in [0.15, 0.2) is 0 Å². The first-order valence-electron chi connectivity index (χ1n) is 4.78. The molecule has 1 heterocycles. The van der Waals surface area contributed by atoms with E-state index in [1.54, 1.807) is 26.0 Å². The van der Waals surface area contributed by atoms with Crippen LogP contribution in [0.25, 0.3) is 0 Å². The van der Waals surface area contributed by atoms with Crippen LogP contribution in [0.2, 0.25) is 0 Å². The van der Waals surface area contributed by atoms with Crippen molar-refractivity contribution in [3.63, 3.8) is 0 Å². The number of ether oxygens (including phenoxy) is 1. The van der Waals surface area contributed by atoms with Gasteiger partial charge < -0.3 is 9.64 Å². The minimum absolute atomic E-state index is 0.171. The van der Waals surface area contributed by atoms with E-state index in [9.17, 15) is 4.79 Å². The summed E-state index contributed by atoms with van der Waals surface area (Å²) < 4.78 is 4.91. The molecule has 0 aliphatic rings. The monoisotopic (exact) mass is 212 g/mol. The van der Waals surface area contributed by atoms with Crippen LogP contribution in [0.5, 0.6) is 0 Å². The van der Waals surface area contributed by atoms with Gasteiger partial charge in [-0.1, -0.05) is 0 Å². The molecule has 6 heteroatoms. The molecule has 84 valence electrons. The summed E-state index contributed by atoms with van der Waals surface area (Å²) in [5.74, 6) is 0.687. The second-order valence-electron chi connectivity index (χ2n) is 3.32. The molecule has 0 aliphatic carbocycles. The van der Waals surface area contributed by atoms with Crippen molar-refractivity contribution >= 4 is 5.91 Å². The Bertz CT molecular complexity index is 324. The van der Waals surface area contributed by atoms with Gasteiger partial charge in [0.1, 0.15) is 5.82 Å². The van der Waals surface area contributed by atoms with E-state index in [0.717, 1.165) is 6.42 Å². The van der Waals surface area contributed by atoms with Gasteiger partial charge in [-0.2, -0.15) is 0 Å². The molecule has 0 saturated heterocycles. The summed E-state index contributed by atoms with van der Waals surface area (Å²) in [4.78, 5) is 17.2. The number of amides is 1. The quantitative estimate of drug-likeness (QED) is 0.709. The van der Waals surface area contributed by atoms with E-state index in [4.69, 9.17) is 4.74 Å². The lowest BCUT2D eigenvalue weighted by atomic mass is 10.4. The second kappa shape index (κ2) is 5.45. The number of methoxy groups -OCH3 is 1. The Labute approximate surface area is 88.6 Å². The Kier molecular flexibility index (Phi) is 4.23. The highest BCUT2D eigenvalue weighted by molar-refractivity contribution is 5.90. The number of rotatable bonds is 5. The summed E-state index contributed by atoms with van der Waals surface area (Å²) in [6.45, 7) is 3.04. The Hall–Kier alpha value is -1.43. The molecule has 0 atom stereocenters. The zero-order chi connectivity index (χ0) is 11.3. The maximum absolute atomic E-state index is 11.7. The van der Waals surface area contributed by atoms with Gasteiger partial charge in [0.2, 0.25) is 5.82 Å². The first-order valence-corrected chi connectivity index (χ1v) is 4.78. The lowest BCUT2D eigenvalue weighted by molar-refractivity contribution is 0.0768. The number of hydrogen-bond donors (Lipinski definition) is 1. The van der Waals surface area contributed by atoms with Crippen LogP contribution in [0.15, 0.2) is 0 Å². The van der Waals surface area contributed by atoms with Gasteiger partial charge in [-0.15, -0.1) is 5.10 Å². The molecule has 0 aliphatic heterocycles. The Balaban J connectivity index is 2.46. The van der Waals surface area contributed by atoms with Gasteiger partial charge in [-0.25, -0.2) is 4.98 Å². The summed E-state index contributed by atoms with van der Waals surface area (Å²) in [6, 6.07) is 0. The van der Waals surface area contributed by atoms with Crippen LogP contribution in [0.1, 0.15) is 22.9 Å². The summed E-state index contributed by atoms with van der Waals surface area (Å²) >= 11 is 0. The average Bonchev–Trinajstić information content (AvgIpc) is 2.64. The largest absolute Gasteiger partial charge is 0.385 e. The highest BCUT2D eigenvalue weighted by Gasteiger charge is 2.15. The smallest absolute Gasteiger partial charge is 0.293 e. The Morgan fingerprint density at radius 3 is 2.87 bits per heavy atom. The van der Waals surface area contributed by atoms with Crippen molar-refractivity contribution < 1.29 is 9.53 Å². The van der Waals surface area contributed by atoms with Crippen molar-refractivity contribution in [1.82, 2.24) is 20.1 Å². The summed E-state index contributed by atoms with van der Waals surface area (Å²) in [5, 5.41) is 6.44. The Morgan fingerprint density at radius 2 is 2.33 bits per heavy atom. The van der Waals surface area contributed by atoms with Crippen molar-refractivity contribution in [2.75, 3.05) is 27.3 Å². The van der Waals surface area contributed by atoms with Crippen LogP contribution in [0.3, 0.4) is 0 Å². The van der Waals surface area contributed by atoms with Crippen molar-refractivity contribution in [2.24, 2.45) is 0 Å². The maximum atomic E-state index is 11.7. The van der Waals surface area contributed by atoms with Crippen molar-refractivity contribution in [3.8, 4) is 0 Å². The molecule has 0 bridgehead atoms. The van der Waals surface area contributed by atoms with E-state index < -0.39 is 0 Å².